The second-order valence-corrected chi connectivity index (χ2v) is 8.94. The molecule has 0 bridgehead atoms. The van der Waals surface area contributed by atoms with Gasteiger partial charge in [0.2, 0.25) is 0 Å². The zero-order chi connectivity index (χ0) is 25.4. The third kappa shape index (κ3) is 6.84. The molecule has 3 aromatic rings. The highest BCUT2D eigenvalue weighted by molar-refractivity contribution is 14.1. The van der Waals surface area contributed by atoms with Gasteiger partial charge in [0.25, 0.3) is 5.91 Å². The Labute approximate surface area is 222 Å². The van der Waals surface area contributed by atoms with Crippen LogP contribution in [0.2, 0.25) is 5.02 Å². The molecule has 0 spiro atoms. The molecule has 3 aromatic carbocycles. The second-order valence-electron chi connectivity index (χ2n) is 7.37. The van der Waals surface area contributed by atoms with Crippen LogP contribution in [-0.4, -0.2) is 25.6 Å². The van der Waals surface area contributed by atoms with E-state index < -0.39 is 11.9 Å². The van der Waals surface area contributed by atoms with Gasteiger partial charge in [0.05, 0.1) is 19.3 Å². The molecule has 6 nitrogen and oxygen atoms in total. The number of carbonyl (C=O) groups excluding carboxylic acids is 2. The third-order valence-electron chi connectivity index (χ3n) is 5.04. The average Bonchev–Trinajstić information content (AvgIpc) is 2.85. The predicted octanol–water partition coefficient (Wildman–Crippen LogP) is 6.27. The normalized spacial score (nSPS) is 10.9. The molecular formula is C27H22ClIN2O4. The third-order valence-corrected chi connectivity index (χ3v) is 6.37. The number of esters is 1. The van der Waals surface area contributed by atoms with E-state index in [1.165, 1.54) is 25.3 Å². The lowest BCUT2D eigenvalue weighted by atomic mass is 10.0. The summed E-state index contributed by atoms with van der Waals surface area (Å²) in [5.74, 6) is -0.369. The van der Waals surface area contributed by atoms with E-state index in [1.807, 2.05) is 49.4 Å². The van der Waals surface area contributed by atoms with Gasteiger partial charge in [-0.05, 0) is 89.2 Å². The second kappa shape index (κ2) is 12.4. The van der Waals surface area contributed by atoms with Crippen molar-refractivity contribution in [2.75, 3.05) is 19.0 Å². The molecule has 0 fully saturated rings. The summed E-state index contributed by atoms with van der Waals surface area (Å²) in [5.41, 5.74) is 3.35. The fourth-order valence-electron chi connectivity index (χ4n) is 3.32. The molecule has 0 aliphatic rings. The van der Waals surface area contributed by atoms with Crippen LogP contribution >= 0.6 is 34.2 Å². The molecule has 0 aliphatic heterocycles. The Morgan fingerprint density at radius 2 is 1.86 bits per heavy atom. The maximum absolute atomic E-state index is 12.7. The first-order valence-electron chi connectivity index (χ1n) is 10.7. The Bertz CT molecular complexity index is 1310. The van der Waals surface area contributed by atoms with Gasteiger partial charge in [0.15, 0.2) is 0 Å². The van der Waals surface area contributed by atoms with E-state index in [-0.39, 0.29) is 5.57 Å². The van der Waals surface area contributed by atoms with Crippen LogP contribution in [0.15, 0.2) is 66.2 Å². The molecule has 1 amide bonds. The van der Waals surface area contributed by atoms with Crippen molar-refractivity contribution in [2.24, 2.45) is 0 Å². The van der Waals surface area contributed by atoms with E-state index >= 15 is 0 Å². The number of ether oxygens (including phenoxy) is 2. The van der Waals surface area contributed by atoms with E-state index in [4.69, 9.17) is 16.3 Å². The molecule has 3 rings (SSSR count). The molecule has 0 saturated carbocycles. The van der Waals surface area contributed by atoms with Gasteiger partial charge in [-0.3, -0.25) is 4.79 Å². The number of methoxy groups -OCH3 is 1. The van der Waals surface area contributed by atoms with E-state index in [2.05, 4.69) is 32.6 Å². The Kier molecular flexibility index (Phi) is 9.29. The maximum atomic E-state index is 12.7. The quantitative estimate of drug-likeness (QED) is 0.143. The highest BCUT2D eigenvalue weighted by Gasteiger charge is 2.15. The van der Waals surface area contributed by atoms with Crippen LogP contribution in [0.5, 0.6) is 5.75 Å². The predicted molar refractivity (Wildman–Crippen MR) is 145 cm³/mol. The molecule has 8 heteroatoms. The molecule has 0 aromatic heterocycles. The number of amides is 1. The van der Waals surface area contributed by atoms with Crippen molar-refractivity contribution in [1.29, 1.82) is 5.26 Å². The fourth-order valence-corrected chi connectivity index (χ4v) is 4.34. The summed E-state index contributed by atoms with van der Waals surface area (Å²) in [6, 6.07) is 19.5. The standard InChI is InChI=1S/C27H22ClIN2O4/c1-3-35-25-14-17(13-24(29)22(25)15-19-6-4-5-7-23(19)28)12-20(16-30)26(32)31-21-10-8-18(9-11-21)27(33)34-2/h4-14H,3,15H2,1-2H3,(H,31,32)/b20-12+. The summed E-state index contributed by atoms with van der Waals surface area (Å²) in [5, 5.41) is 13.0. The summed E-state index contributed by atoms with van der Waals surface area (Å²) >= 11 is 8.57. The molecule has 178 valence electrons. The molecule has 1 N–H and O–H groups in total. The number of nitrogens with zero attached hydrogens (tertiary/aromatic N) is 1. The monoisotopic (exact) mass is 600 g/mol. The fraction of sp³-hybridized carbons (Fsp3) is 0.148. The molecule has 0 heterocycles. The van der Waals surface area contributed by atoms with Crippen LogP contribution in [0.4, 0.5) is 5.69 Å². The van der Waals surface area contributed by atoms with Crippen molar-refractivity contribution in [3.05, 3.63) is 97.1 Å². The first kappa shape index (κ1) is 26.3. The van der Waals surface area contributed by atoms with Gasteiger partial charge in [-0.15, -0.1) is 0 Å². The number of halogens is 2. The van der Waals surface area contributed by atoms with Crippen molar-refractivity contribution >= 4 is 57.8 Å². The zero-order valence-corrected chi connectivity index (χ0v) is 22.0. The van der Waals surface area contributed by atoms with Crippen molar-refractivity contribution in [2.45, 2.75) is 13.3 Å². The number of carbonyl (C=O) groups is 2. The van der Waals surface area contributed by atoms with E-state index in [1.54, 1.807) is 12.1 Å². The van der Waals surface area contributed by atoms with Crippen LogP contribution < -0.4 is 10.1 Å². The van der Waals surface area contributed by atoms with E-state index in [0.29, 0.717) is 40.6 Å². The van der Waals surface area contributed by atoms with Gasteiger partial charge in [-0.2, -0.15) is 5.26 Å². The number of nitriles is 1. The smallest absolute Gasteiger partial charge is 0.337 e. The number of hydrogen-bond acceptors (Lipinski definition) is 5. The number of rotatable bonds is 8. The van der Waals surface area contributed by atoms with Crippen LogP contribution in [-0.2, 0) is 16.0 Å². The molecule has 0 radical (unpaired) electrons. The molecule has 35 heavy (non-hydrogen) atoms. The highest BCUT2D eigenvalue weighted by Crippen LogP contribution is 2.31. The molecule has 0 unspecified atom stereocenters. The molecule has 0 aliphatic carbocycles. The Morgan fingerprint density at radius 1 is 1.14 bits per heavy atom. The topological polar surface area (TPSA) is 88.4 Å². The van der Waals surface area contributed by atoms with Crippen LogP contribution in [0.3, 0.4) is 0 Å². The lowest BCUT2D eigenvalue weighted by molar-refractivity contribution is -0.112. The number of benzene rings is 3. The summed E-state index contributed by atoms with van der Waals surface area (Å²) in [7, 11) is 1.30. The summed E-state index contributed by atoms with van der Waals surface area (Å²) < 4.78 is 11.5. The largest absolute Gasteiger partial charge is 0.494 e. The van der Waals surface area contributed by atoms with Crippen LogP contribution in [0, 0.1) is 14.9 Å². The van der Waals surface area contributed by atoms with Crippen LogP contribution in [0.1, 0.15) is 34.0 Å². The minimum absolute atomic E-state index is 0.0702. The average molecular weight is 601 g/mol. The Balaban J connectivity index is 1.87. The molecule has 0 saturated heterocycles. The van der Waals surface area contributed by atoms with Gasteiger partial charge >= 0.3 is 5.97 Å². The van der Waals surface area contributed by atoms with E-state index in [9.17, 15) is 14.9 Å². The molecular weight excluding hydrogens is 579 g/mol. The van der Waals surface area contributed by atoms with Crippen molar-refractivity contribution < 1.29 is 19.1 Å². The van der Waals surface area contributed by atoms with Gasteiger partial charge in [-0.25, -0.2) is 4.79 Å². The minimum Gasteiger partial charge on any atom is -0.494 e. The van der Waals surface area contributed by atoms with Gasteiger partial charge < -0.3 is 14.8 Å². The summed E-state index contributed by atoms with van der Waals surface area (Å²) in [6.07, 6.45) is 2.10. The van der Waals surface area contributed by atoms with Crippen molar-refractivity contribution in [3.8, 4) is 11.8 Å². The Morgan fingerprint density at radius 3 is 2.49 bits per heavy atom. The molecule has 0 atom stereocenters. The van der Waals surface area contributed by atoms with Crippen molar-refractivity contribution in [1.82, 2.24) is 0 Å². The van der Waals surface area contributed by atoms with Crippen molar-refractivity contribution in [3.63, 3.8) is 0 Å². The van der Waals surface area contributed by atoms with Gasteiger partial charge in [0.1, 0.15) is 17.4 Å². The summed E-state index contributed by atoms with van der Waals surface area (Å²) in [6.45, 7) is 2.36. The number of anilines is 1. The summed E-state index contributed by atoms with van der Waals surface area (Å²) in [4.78, 5) is 24.3. The number of hydrogen-bond donors (Lipinski definition) is 1. The van der Waals surface area contributed by atoms with Crippen LogP contribution in [0.25, 0.3) is 6.08 Å². The number of nitrogens with one attached hydrogen (secondary N) is 1. The highest BCUT2D eigenvalue weighted by atomic mass is 127. The van der Waals surface area contributed by atoms with Gasteiger partial charge in [0, 0.05) is 26.3 Å². The minimum atomic E-state index is -0.563. The first-order chi connectivity index (χ1) is 16.9. The Hall–Kier alpha value is -3.35. The SMILES string of the molecule is CCOc1cc(/C=C(\C#N)C(=O)Nc2ccc(C(=O)OC)cc2)cc(I)c1Cc1ccccc1Cl. The zero-order valence-electron chi connectivity index (χ0n) is 19.1. The van der Waals surface area contributed by atoms with Gasteiger partial charge in [-0.1, -0.05) is 29.8 Å². The first-order valence-corrected chi connectivity index (χ1v) is 12.1. The lowest BCUT2D eigenvalue weighted by Gasteiger charge is -2.15. The maximum Gasteiger partial charge on any atom is 0.337 e. The van der Waals surface area contributed by atoms with E-state index in [0.717, 1.165) is 14.7 Å². The lowest BCUT2D eigenvalue weighted by Crippen LogP contribution is -2.13.